The molecule has 1 aliphatic rings. The first-order valence-electron chi connectivity index (χ1n) is 6.97. The number of hydrogen-bond acceptors (Lipinski definition) is 4. The lowest BCUT2D eigenvalue weighted by Gasteiger charge is -2.19. The van der Waals surface area contributed by atoms with Gasteiger partial charge in [-0.2, -0.15) is 0 Å². The molecule has 1 aromatic carbocycles. The molecule has 0 aliphatic carbocycles. The van der Waals surface area contributed by atoms with Crippen LogP contribution in [-0.2, 0) is 20.6 Å². The summed E-state index contributed by atoms with van der Waals surface area (Å²) in [5.41, 5.74) is 1.14. The molecule has 116 valence electrons. The van der Waals surface area contributed by atoms with Crippen LogP contribution in [0.25, 0.3) is 0 Å². The van der Waals surface area contributed by atoms with E-state index < -0.39 is 10.0 Å². The zero-order chi connectivity index (χ0) is 15.3. The highest BCUT2D eigenvalue weighted by molar-refractivity contribution is 7.88. The second-order valence-corrected chi connectivity index (χ2v) is 6.81. The number of carbonyl (C=O) groups excluding carboxylic acids is 1. The number of sulfonamides is 1. The zero-order valence-corrected chi connectivity index (χ0v) is 12.9. The highest BCUT2D eigenvalue weighted by atomic mass is 32.2. The van der Waals surface area contributed by atoms with Gasteiger partial charge in [0.1, 0.15) is 0 Å². The number of nitrogens with one attached hydrogen (secondary N) is 1. The second kappa shape index (κ2) is 7.02. The number of hydrogen-bond donors (Lipinski definition) is 1. The van der Waals surface area contributed by atoms with Crippen molar-refractivity contribution in [3.63, 3.8) is 0 Å². The molecule has 1 saturated heterocycles. The monoisotopic (exact) mass is 312 g/mol. The fourth-order valence-corrected chi connectivity index (χ4v) is 3.55. The van der Waals surface area contributed by atoms with Crippen molar-refractivity contribution in [1.29, 1.82) is 0 Å². The molecule has 1 aliphatic heterocycles. The fraction of sp³-hybridized carbons (Fsp3) is 0.500. The Hall–Kier alpha value is -1.44. The molecule has 0 spiro atoms. The predicted molar refractivity (Wildman–Crippen MR) is 79.0 cm³/mol. The van der Waals surface area contributed by atoms with Gasteiger partial charge in [0, 0.05) is 19.2 Å². The topological polar surface area (TPSA) is 75.7 Å². The average molecular weight is 312 g/mol. The van der Waals surface area contributed by atoms with Crippen molar-refractivity contribution in [2.75, 3.05) is 20.2 Å². The first-order chi connectivity index (χ1) is 10.0. The van der Waals surface area contributed by atoms with Gasteiger partial charge >= 0.3 is 0 Å². The molecule has 1 fully saturated rings. The molecule has 1 N–H and O–H groups in total. The third-order valence-corrected chi connectivity index (χ3v) is 4.93. The third-order valence-electron chi connectivity index (χ3n) is 3.32. The summed E-state index contributed by atoms with van der Waals surface area (Å²) in [6, 6.07) is 6.54. The van der Waals surface area contributed by atoms with Crippen LogP contribution in [-0.4, -0.2) is 39.0 Å². The standard InChI is InChI=1S/C14H20N2O4S/c1-15-14(17)13-7-5-12(6-8-13)11-21(18,19)16-9-3-2-4-10-20-16/h5-8H,2-4,9-11H2,1H3,(H,15,17). The van der Waals surface area contributed by atoms with Crippen LogP contribution >= 0.6 is 0 Å². The molecule has 0 saturated carbocycles. The van der Waals surface area contributed by atoms with E-state index in [9.17, 15) is 13.2 Å². The first-order valence-corrected chi connectivity index (χ1v) is 8.58. The van der Waals surface area contributed by atoms with E-state index in [2.05, 4.69) is 5.32 Å². The van der Waals surface area contributed by atoms with Gasteiger partial charge in [0.05, 0.1) is 12.4 Å². The van der Waals surface area contributed by atoms with Crippen LogP contribution in [0, 0.1) is 0 Å². The molecule has 2 rings (SSSR count). The maximum Gasteiger partial charge on any atom is 0.251 e. The van der Waals surface area contributed by atoms with E-state index in [1.54, 1.807) is 31.3 Å². The zero-order valence-electron chi connectivity index (χ0n) is 12.0. The normalized spacial score (nSPS) is 17.2. The van der Waals surface area contributed by atoms with E-state index in [4.69, 9.17) is 4.84 Å². The van der Waals surface area contributed by atoms with Gasteiger partial charge in [0.25, 0.3) is 5.91 Å². The third kappa shape index (κ3) is 4.26. The Labute approximate surface area is 125 Å². The molecule has 1 aromatic rings. The number of amides is 1. The number of rotatable bonds is 4. The summed E-state index contributed by atoms with van der Waals surface area (Å²) < 4.78 is 25.7. The van der Waals surface area contributed by atoms with Crippen LogP contribution in [0.5, 0.6) is 0 Å². The molecule has 21 heavy (non-hydrogen) atoms. The van der Waals surface area contributed by atoms with Gasteiger partial charge in [-0.1, -0.05) is 16.6 Å². The first kappa shape index (κ1) is 15.9. The van der Waals surface area contributed by atoms with E-state index in [1.807, 2.05) is 0 Å². The number of benzene rings is 1. The second-order valence-electron chi connectivity index (χ2n) is 4.95. The molecule has 0 bridgehead atoms. The molecular formula is C14H20N2O4S. The molecule has 0 unspecified atom stereocenters. The number of hydroxylamine groups is 1. The van der Waals surface area contributed by atoms with Crippen LogP contribution in [0.2, 0.25) is 0 Å². The maximum absolute atomic E-state index is 12.3. The van der Waals surface area contributed by atoms with Crippen molar-refractivity contribution in [1.82, 2.24) is 9.79 Å². The number of nitrogens with zero attached hydrogens (tertiary/aromatic N) is 1. The Morgan fingerprint density at radius 3 is 2.62 bits per heavy atom. The van der Waals surface area contributed by atoms with E-state index in [0.29, 0.717) is 24.3 Å². The predicted octanol–water partition coefficient (Wildman–Crippen LogP) is 1.29. The Balaban J connectivity index is 2.07. The molecule has 1 heterocycles. The Morgan fingerprint density at radius 1 is 1.24 bits per heavy atom. The van der Waals surface area contributed by atoms with Crippen molar-refractivity contribution < 1.29 is 18.0 Å². The largest absolute Gasteiger partial charge is 0.355 e. The van der Waals surface area contributed by atoms with Crippen LogP contribution in [0.4, 0.5) is 0 Å². The van der Waals surface area contributed by atoms with Gasteiger partial charge in [0.15, 0.2) is 0 Å². The molecule has 0 radical (unpaired) electrons. The summed E-state index contributed by atoms with van der Waals surface area (Å²) in [6.07, 6.45) is 2.68. The van der Waals surface area contributed by atoms with Gasteiger partial charge in [-0.25, -0.2) is 8.42 Å². The van der Waals surface area contributed by atoms with Gasteiger partial charge in [-0.05, 0) is 37.0 Å². The minimum Gasteiger partial charge on any atom is -0.355 e. The van der Waals surface area contributed by atoms with Crippen molar-refractivity contribution in [3.05, 3.63) is 35.4 Å². The SMILES string of the molecule is CNC(=O)c1ccc(CS(=O)(=O)N2CCCCCO2)cc1. The van der Waals surface area contributed by atoms with Crippen molar-refractivity contribution in [2.24, 2.45) is 0 Å². The molecule has 0 aromatic heterocycles. The smallest absolute Gasteiger partial charge is 0.251 e. The van der Waals surface area contributed by atoms with E-state index >= 15 is 0 Å². The van der Waals surface area contributed by atoms with Crippen molar-refractivity contribution in [3.8, 4) is 0 Å². The lowest BCUT2D eigenvalue weighted by Crippen LogP contribution is -2.32. The summed E-state index contributed by atoms with van der Waals surface area (Å²) in [4.78, 5) is 16.7. The molecule has 6 nitrogen and oxygen atoms in total. The highest BCUT2D eigenvalue weighted by Gasteiger charge is 2.24. The van der Waals surface area contributed by atoms with E-state index in [0.717, 1.165) is 23.7 Å². The van der Waals surface area contributed by atoms with Crippen LogP contribution in [0.15, 0.2) is 24.3 Å². The molecular weight excluding hydrogens is 292 g/mol. The van der Waals surface area contributed by atoms with Crippen LogP contribution < -0.4 is 5.32 Å². The molecule has 7 heteroatoms. The summed E-state index contributed by atoms with van der Waals surface area (Å²) >= 11 is 0. The Bertz CT molecular complexity index is 575. The number of carbonyl (C=O) groups is 1. The Kier molecular flexibility index (Phi) is 5.33. The van der Waals surface area contributed by atoms with Gasteiger partial charge in [-0.15, -0.1) is 0 Å². The van der Waals surface area contributed by atoms with E-state index in [-0.39, 0.29) is 11.7 Å². The molecule has 0 atom stereocenters. The quantitative estimate of drug-likeness (QED) is 0.909. The maximum atomic E-state index is 12.3. The minimum absolute atomic E-state index is 0.124. The van der Waals surface area contributed by atoms with Crippen LogP contribution in [0.3, 0.4) is 0 Å². The van der Waals surface area contributed by atoms with Crippen molar-refractivity contribution in [2.45, 2.75) is 25.0 Å². The average Bonchev–Trinajstić information content (AvgIpc) is 2.76. The minimum atomic E-state index is -3.49. The highest BCUT2D eigenvalue weighted by Crippen LogP contribution is 2.16. The lowest BCUT2D eigenvalue weighted by atomic mass is 10.1. The van der Waals surface area contributed by atoms with Gasteiger partial charge in [0.2, 0.25) is 10.0 Å². The summed E-state index contributed by atoms with van der Waals surface area (Å²) in [7, 11) is -1.93. The summed E-state index contributed by atoms with van der Waals surface area (Å²) in [5, 5.41) is 2.52. The summed E-state index contributed by atoms with van der Waals surface area (Å²) in [5.74, 6) is -0.318. The lowest BCUT2D eigenvalue weighted by molar-refractivity contribution is -0.0750. The van der Waals surface area contributed by atoms with E-state index in [1.165, 1.54) is 0 Å². The Morgan fingerprint density at radius 2 is 1.95 bits per heavy atom. The molecule has 1 amide bonds. The van der Waals surface area contributed by atoms with Crippen molar-refractivity contribution >= 4 is 15.9 Å². The van der Waals surface area contributed by atoms with Crippen LogP contribution in [0.1, 0.15) is 35.2 Å². The van der Waals surface area contributed by atoms with Gasteiger partial charge in [-0.3, -0.25) is 9.63 Å². The fourth-order valence-electron chi connectivity index (χ4n) is 2.15. The summed E-state index contributed by atoms with van der Waals surface area (Å²) in [6.45, 7) is 0.841. The van der Waals surface area contributed by atoms with Gasteiger partial charge < -0.3 is 5.32 Å².